The van der Waals surface area contributed by atoms with E-state index in [-0.39, 0.29) is 11.8 Å². The molecule has 1 atom stereocenters. The Bertz CT molecular complexity index is 612. The minimum absolute atomic E-state index is 0.0644. The molecule has 3 nitrogen and oxygen atoms in total. The average molecular weight is 252 g/mol. The van der Waals surface area contributed by atoms with Gasteiger partial charge in [0.2, 0.25) is 0 Å². The lowest BCUT2D eigenvalue weighted by Gasteiger charge is -2.17. The number of phenolic OH excluding ortho intramolecular Hbond substituents is 1. The summed E-state index contributed by atoms with van der Waals surface area (Å²) in [6.07, 6.45) is 0. The number of hydrogen-bond acceptors (Lipinski definition) is 3. The second kappa shape index (κ2) is 5.45. The summed E-state index contributed by atoms with van der Waals surface area (Å²) in [6.45, 7) is 3.95. The van der Waals surface area contributed by atoms with Gasteiger partial charge in [-0.2, -0.15) is 5.26 Å². The average Bonchev–Trinajstić information content (AvgIpc) is 2.39. The standard InChI is InChI=1S/C16H16N2O/c1-11-4-3-5-16(15(11)10-17)18-12(2)13-6-8-14(19)9-7-13/h3-9,12,18-19H,1-2H3. The van der Waals surface area contributed by atoms with Gasteiger partial charge < -0.3 is 10.4 Å². The summed E-state index contributed by atoms with van der Waals surface area (Å²) < 4.78 is 0. The minimum Gasteiger partial charge on any atom is -0.508 e. The first kappa shape index (κ1) is 13.0. The molecule has 0 aliphatic rings. The van der Waals surface area contributed by atoms with Crippen LogP contribution in [0, 0.1) is 18.3 Å². The Morgan fingerprint density at radius 3 is 2.47 bits per heavy atom. The molecule has 1 unspecified atom stereocenters. The van der Waals surface area contributed by atoms with Crippen LogP contribution in [0.5, 0.6) is 5.75 Å². The Balaban J connectivity index is 2.24. The molecule has 0 spiro atoms. The maximum atomic E-state index is 9.28. The molecule has 0 aliphatic carbocycles. The van der Waals surface area contributed by atoms with Crippen molar-refractivity contribution < 1.29 is 5.11 Å². The monoisotopic (exact) mass is 252 g/mol. The van der Waals surface area contributed by atoms with Crippen LogP contribution in [-0.4, -0.2) is 5.11 Å². The molecule has 0 fully saturated rings. The minimum atomic E-state index is 0.0644. The first-order chi connectivity index (χ1) is 9.11. The molecule has 96 valence electrons. The van der Waals surface area contributed by atoms with Gasteiger partial charge >= 0.3 is 0 Å². The summed E-state index contributed by atoms with van der Waals surface area (Å²) in [4.78, 5) is 0. The topological polar surface area (TPSA) is 56.0 Å². The van der Waals surface area contributed by atoms with E-state index in [1.165, 1.54) is 0 Å². The highest BCUT2D eigenvalue weighted by atomic mass is 16.3. The highest BCUT2D eigenvalue weighted by molar-refractivity contribution is 5.61. The van der Waals surface area contributed by atoms with E-state index in [9.17, 15) is 10.4 Å². The van der Waals surface area contributed by atoms with Gasteiger partial charge in [0.1, 0.15) is 11.8 Å². The lowest BCUT2D eigenvalue weighted by atomic mass is 10.0. The Morgan fingerprint density at radius 1 is 1.16 bits per heavy atom. The van der Waals surface area contributed by atoms with Gasteiger partial charge in [-0.25, -0.2) is 0 Å². The number of nitriles is 1. The van der Waals surface area contributed by atoms with Crippen molar-refractivity contribution >= 4 is 5.69 Å². The lowest BCUT2D eigenvalue weighted by molar-refractivity contribution is 0.475. The van der Waals surface area contributed by atoms with Crippen molar-refractivity contribution in [1.82, 2.24) is 0 Å². The third-order valence-corrected chi connectivity index (χ3v) is 3.15. The van der Waals surface area contributed by atoms with E-state index in [0.717, 1.165) is 16.8 Å². The van der Waals surface area contributed by atoms with Gasteiger partial charge in [-0.1, -0.05) is 24.3 Å². The highest BCUT2D eigenvalue weighted by Crippen LogP contribution is 2.25. The molecule has 0 saturated carbocycles. The fraction of sp³-hybridized carbons (Fsp3) is 0.188. The first-order valence-corrected chi connectivity index (χ1v) is 6.17. The largest absolute Gasteiger partial charge is 0.508 e. The smallest absolute Gasteiger partial charge is 0.115 e. The molecule has 19 heavy (non-hydrogen) atoms. The second-order valence-corrected chi connectivity index (χ2v) is 4.57. The lowest BCUT2D eigenvalue weighted by Crippen LogP contribution is -2.08. The summed E-state index contributed by atoms with van der Waals surface area (Å²) in [5, 5.41) is 21.8. The number of rotatable bonds is 3. The van der Waals surface area contributed by atoms with Crippen LogP contribution in [0.25, 0.3) is 0 Å². The van der Waals surface area contributed by atoms with Crippen molar-refractivity contribution in [2.75, 3.05) is 5.32 Å². The van der Waals surface area contributed by atoms with Gasteiger partial charge in [0.15, 0.2) is 0 Å². The van der Waals surface area contributed by atoms with E-state index < -0.39 is 0 Å². The maximum absolute atomic E-state index is 9.28. The van der Waals surface area contributed by atoms with Crippen molar-refractivity contribution in [3.8, 4) is 11.8 Å². The number of benzene rings is 2. The van der Waals surface area contributed by atoms with Gasteiger partial charge in [-0.3, -0.25) is 0 Å². The molecule has 2 aromatic carbocycles. The van der Waals surface area contributed by atoms with Crippen molar-refractivity contribution in [1.29, 1.82) is 5.26 Å². The van der Waals surface area contributed by atoms with E-state index in [2.05, 4.69) is 11.4 Å². The van der Waals surface area contributed by atoms with Crippen LogP contribution in [0.15, 0.2) is 42.5 Å². The molecule has 2 N–H and O–H groups in total. The number of aromatic hydroxyl groups is 1. The van der Waals surface area contributed by atoms with E-state index in [1.807, 2.05) is 44.2 Å². The third-order valence-electron chi connectivity index (χ3n) is 3.15. The van der Waals surface area contributed by atoms with E-state index in [0.29, 0.717) is 5.56 Å². The maximum Gasteiger partial charge on any atom is 0.115 e. The van der Waals surface area contributed by atoms with Crippen molar-refractivity contribution in [2.45, 2.75) is 19.9 Å². The number of hydrogen-bond donors (Lipinski definition) is 2. The van der Waals surface area contributed by atoms with E-state index in [1.54, 1.807) is 12.1 Å². The SMILES string of the molecule is Cc1cccc(NC(C)c2ccc(O)cc2)c1C#N. The summed E-state index contributed by atoms with van der Waals surface area (Å²) >= 11 is 0. The summed E-state index contributed by atoms with van der Waals surface area (Å²) in [5.41, 5.74) is 3.53. The number of nitrogens with one attached hydrogen (secondary N) is 1. The van der Waals surface area contributed by atoms with Crippen molar-refractivity contribution in [3.63, 3.8) is 0 Å². The summed E-state index contributed by atoms with van der Waals surface area (Å²) in [7, 11) is 0. The number of nitrogens with zero attached hydrogens (tertiary/aromatic N) is 1. The third kappa shape index (κ3) is 2.86. The molecule has 0 aromatic heterocycles. The first-order valence-electron chi connectivity index (χ1n) is 6.17. The Labute approximate surface area is 113 Å². The Hall–Kier alpha value is -2.47. The highest BCUT2D eigenvalue weighted by Gasteiger charge is 2.09. The molecule has 0 saturated heterocycles. The van der Waals surface area contributed by atoms with Crippen LogP contribution >= 0.6 is 0 Å². The van der Waals surface area contributed by atoms with E-state index >= 15 is 0 Å². The van der Waals surface area contributed by atoms with Gasteiger partial charge in [0.05, 0.1) is 11.3 Å². The quantitative estimate of drug-likeness (QED) is 0.874. The molecule has 0 aliphatic heterocycles. The molecule has 2 aromatic rings. The van der Waals surface area contributed by atoms with Gasteiger partial charge in [0.25, 0.3) is 0 Å². The number of aryl methyl sites for hydroxylation is 1. The number of phenols is 1. The Kier molecular flexibility index (Phi) is 3.72. The van der Waals surface area contributed by atoms with Crippen molar-refractivity contribution in [2.24, 2.45) is 0 Å². The zero-order chi connectivity index (χ0) is 13.8. The predicted octanol–water partition coefficient (Wildman–Crippen LogP) is 3.75. The van der Waals surface area contributed by atoms with Crippen LogP contribution < -0.4 is 5.32 Å². The van der Waals surface area contributed by atoms with Gasteiger partial charge in [-0.05, 0) is 43.2 Å². The number of anilines is 1. The molecule has 2 rings (SSSR count). The van der Waals surface area contributed by atoms with Crippen LogP contribution in [0.2, 0.25) is 0 Å². The molecule has 0 bridgehead atoms. The van der Waals surface area contributed by atoms with Gasteiger partial charge in [-0.15, -0.1) is 0 Å². The molecule has 0 heterocycles. The Morgan fingerprint density at radius 2 is 1.84 bits per heavy atom. The van der Waals surface area contributed by atoms with Crippen LogP contribution in [-0.2, 0) is 0 Å². The van der Waals surface area contributed by atoms with Crippen LogP contribution in [0.3, 0.4) is 0 Å². The van der Waals surface area contributed by atoms with Crippen molar-refractivity contribution in [3.05, 3.63) is 59.2 Å². The summed E-state index contributed by atoms with van der Waals surface area (Å²) in [5.74, 6) is 0.254. The molecular weight excluding hydrogens is 236 g/mol. The molecule has 3 heteroatoms. The zero-order valence-electron chi connectivity index (χ0n) is 11.0. The zero-order valence-corrected chi connectivity index (χ0v) is 11.0. The molecule has 0 amide bonds. The van der Waals surface area contributed by atoms with Crippen LogP contribution in [0.1, 0.15) is 29.7 Å². The normalized spacial score (nSPS) is 11.6. The fourth-order valence-corrected chi connectivity index (χ4v) is 2.02. The molecular formula is C16H16N2O. The molecule has 0 radical (unpaired) electrons. The predicted molar refractivity (Wildman–Crippen MR) is 76.0 cm³/mol. The van der Waals surface area contributed by atoms with Gasteiger partial charge in [0, 0.05) is 6.04 Å². The van der Waals surface area contributed by atoms with Crippen LogP contribution in [0.4, 0.5) is 5.69 Å². The fourth-order valence-electron chi connectivity index (χ4n) is 2.02. The van der Waals surface area contributed by atoms with E-state index in [4.69, 9.17) is 0 Å². The summed E-state index contributed by atoms with van der Waals surface area (Å²) in [6, 6.07) is 15.1. The second-order valence-electron chi connectivity index (χ2n) is 4.57.